The van der Waals surface area contributed by atoms with Gasteiger partial charge in [-0.15, -0.1) is 5.06 Å². The molecule has 0 bridgehead atoms. The minimum atomic E-state index is -0.695. The quantitative estimate of drug-likeness (QED) is 0.180. The fourth-order valence-electron chi connectivity index (χ4n) is 4.60. The minimum absolute atomic E-state index is 0.155. The topological polar surface area (TPSA) is 66.5 Å². The Balaban J connectivity index is 1.29. The number of nitrogens with zero attached hydrogens (tertiary/aromatic N) is 1. The van der Waals surface area contributed by atoms with Gasteiger partial charge in [0.15, 0.2) is 0 Å². The Kier molecular flexibility index (Phi) is 11.0. The monoisotopic (exact) mass is 547 g/mol. The second-order valence-electron chi connectivity index (χ2n) is 11.0. The molecule has 0 N–H and O–H groups in total. The molecule has 1 saturated heterocycles. The van der Waals surface area contributed by atoms with E-state index in [1.807, 2.05) is 81.4 Å². The highest BCUT2D eigenvalue weighted by Crippen LogP contribution is 2.32. The maximum Gasteiger partial charge on any atom is 0.528 e. The summed E-state index contributed by atoms with van der Waals surface area (Å²) in [6.45, 7) is 8.85. The summed E-state index contributed by atoms with van der Waals surface area (Å²) in [6.07, 6.45) is 0.742. The van der Waals surface area contributed by atoms with Crippen molar-refractivity contribution in [2.75, 3.05) is 26.3 Å². The molecule has 2 atom stereocenters. The molecule has 1 heterocycles. The van der Waals surface area contributed by atoms with Crippen LogP contribution in [0.1, 0.15) is 56.2 Å². The van der Waals surface area contributed by atoms with E-state index in [2.05, 4.69) is 24.3 Å². The molecule has 0 aliphatic carbocycles. The van der Waals surface area contributed by atoms with Crippen molar-refractivity contribution in [3.05, 3.63) is 102 Å². The van der Waals surface area contributed by atoms with E-state index in [4.69, 9.17) is 23.8 Å². The van der Waals surface area contributed by atoms with Crippen LogP contribution in [0.5, 0.6) is 5.75 Å². The van der Waals surface area contributed by atoms with Crippen LogP contribution in [0.3, 0.4) is 0 Å². The molecule has 1 aliphatic heterocycles. The third-order valence-corrected chi connectivity index (χ3v) is 6.54. The van der Waals surface area contributed by atoms with Gasteiger partial charge in [0.05, 0.1) is 39.1 Å². The van der Waals surface area contributed by atoms with Gasteiger partial charge in [0.1, 0.15) is 11.4 Å². The van der Waals surface area contributed by atoms with Crippen LogP contribution >= 0.6 is 0 Å². The second kappa shape index (κ2) is 14.8. The number of hydroxylamine groups is 2. The molecule has 7 nitrogen and oxygen atoms in total. The van der Waals surface area contributed by atoms with Gasteiger partial charge >= 0.3 is 6.16 Å². The Hall–Kier alpha value is -3.39. The highest BCUT2D eigenvalue weighted by molar-refractivity contribution is 5.60. The van der Waals surface area contributed by atoms with Crippen molar-refractivity contribution in [3.8, 4) is 5.75 Å². The van der Waals surface area contributed by atoms with Gasteiger partial charge in [-0.1, -0.05) is 72.8 Å². The van der Waals surface area contributed by atoms with E-state index in [0.29, 0.717) is 39.5 Å². The minimum Gasteiger partial charge on any atom is -0.494 e. The zero-order chi connectivity index (χ0) is 28.2. The van der Waals surface area contributed by atoms with Gasteiger partial charge in [-0.3, -0.25) is 0 Å². The molecule has 0 spiro atoms. The van der Waals surface area contributed by atoms with Gasteiger partial charge in [0.2, 0.25) is 0 Å². The van der Waals surface area contributed by atoms with Crippen LogP contribution in [0.15, 0.2) is 84.9 Å². The first kappa shape index (κ1) is 29.6. The first-order valence-electron chi connectivity index (χ1n) is 14.0. The number of rotatable bonds is 12. The largest absolute Gasteiger partial charge is 0.528 e. The highest BCUT2D eigenvalue weighted by atomic mass is 16.8. The Morgan fingerprint density at radius 1 is 0.850 bits per heavy atom. The van der Waals surface area contributed by atoms with Crippen molar-refractivity contribution < 1.29 is 28.6 Å². The van der Waals surface area contributed by atoms with Crippen LogP contribution in [-0.2, 0) is 32.3 Å². The van der Waals surface area contributed by atoms with Crippen molar-refractivity contribution in [3.63, 3.8) is 0 Å². The molecule has 1 fully saturated rings. The number of ether oxygens (including phenoxy) is 4. The molecule has 2 unspecified atom stereocenters. The smallest absolute Gasteiger partial charge is 0.494 e. The van der Waals surface area contributed by atoms with Crippen molar-refractivity contribution in [2.45, 2.75) is 64.4 Å². The number of hydrogen-bond donors (Lipinski definition) is 0. The summed E-state index contributed by atoms with van der Waals surface area (Å²) in [5.74, 6) is 0.988. The second-order valence-corrected chi connectivity index (χ2v) is 11.0. The van der Waals surface area contributed by atoms with E-state index in [1.54, 1.807) is 5.06 Å². The summed E-state index contributed by atoms with van der Waals surface area (Å²) >= 11 is 0. The number of carbonyl (C=O) groups is 1. The summed E-state index contributed by atoms with van der Waals surface area (Å²) in [5, 5.41) is 1.65. The normalized spacial score (nSPS) is 17.8. The van der Waals surface area contributed by atoms with Crippen LogP contribution in [-0.4, -0.2) is 49.2 Å². The van der Waals surface area contributed by atoms with Crippen molar-refractivity contribution >= 4 is 6.16 Å². The van der Waals surface area contributed by atoms with Gasteiger partial charge < -0.3 is 23.8 Å². The summed E-state index contributed by atoms with van der Waals surface area (Å²) in [4.78, 5) is 17.8. The van der Waals surface area contributed by atoms with E-state index >= 15 is 0 Å². The predicted octanol–water partition coefficient (Wildman–Crippen LogP) is 6.91. The van der Waals surface area contributed by atoms with Gasteiger partial charge in [-0.05, 0) is 56.0 Å². The lowest BCUT2D eigenvalue weighted by Crippen LogP contribution is -2.45. The maximum absolute atomic E-state index is 12.3. The molecule has 1 aliphatic rings. The summed E-state index contributed by atoms with van der Waals surface area (Å²) in [6, 6.07) is 28.5. The molecule has 214 valence electrons. The molecule has 3 aromatic carbocycles. The van der Waals surface area contributed by atoms with Crippen LogP contribution in [0.2, 0.25) is 0 Å². The summed E-state index contributed by atoms with van der Waals surface area (Å²) < 4.78 is 23.4. The first-order chi connectivity index (χ1) is 19.4. The van der Waals surface area contributed by atoms with E-state index in [9.17, 15) is 4.79 Å². The maximum atomic E-state index is 12.3. The molecular weight excluding hydrogens is 506 g/mol. The SMILES string of the molecule is CC(C)(C)OC(=O)ON1CCC(c2ccc(OCCCOCc3ccccc3)cc2)C(OCc2ccccc2)C1. The van der Waals surface area contributed by atoms with Gasteiger partial charge in [0.25, 0.3) is 0 Å². The third-order valence-electron chi connectivity index (χ3n) is 6.54. The molecular formula is C33H41NO6. The van der Waals surface area contributed by atoms with Crippen LogP contribution in [0, 0.1) is 0 Å². The zero-order valence-electron chi connectivity index (χ0n) is 23.8. The molecule has 0 saturated carbocycles. The lowest BCUT2D eigenvalue weighted by molar-refractivity contribution is -0.179. The molecule has 3 aromatic rings. The Bertz CT molecular complexity index is 1150. The van der Waals surface area contributed by atoms with E-state index < -0.39 is 11.8 Å². The van der Waals surface area contributed by atoms with Gasteiger partial charge in [-0.2, -0.15) is 0 Å². The molecule has 7 heteroatoms. The summed E-state index contributed by atoms with van der Waals surface area (Å²) in [5.41, 5.74) is 2.83. The molecule has 0 amide bonds. The van der Waals surface area contributed by atoms with Crippen molar-refractivity contribution in [1.82, 2.24) is 5.06 Å². The Labute approximate surface area is 237 Å². The highest BCUT2D eigenvalue weighted by Gasteiger charge is 2.34. The van der Waals surface area contributed by atoms with E-state index in [1.165, 1.54) is 11.1 Å². The Morgan fingerprint density at radius 2 is 1.50 bits per heavy atom. The van der Waals surface area contributed by atoms with E-state index in [-0.39, 0.29) is 12.0 Å². The van der Waals surface area contributed by atoms with Gasteiger partial charge in [-0.25, -0.2) is 4.79 Å². The van der Waals surface area contributed by atoms with E-state index in [0.717, 1.165) is 24.2 Å². The average molecular weight is 548 g/mol. The number of hydrogen-bond acceptors (Lipinski definition) is 7. The van der Waals surface area contributed by atoms with Crippen LogP contribution in [0.25, 0.3) is 0 Å². The third kappa shape index (κ3) is 9.97. The standard InChI is InChI=1S/C33H41NO6/c1-33(2,3)39-32(35)40-34-20-19-30(31(23-34)38-25-27-13-8-5-9-14-27)28-15-17-29(18-16-28)37-22-10-21-36-24-26-11-6-4-7-12-26/h4-9,11-18,30-31H,10,19-25H2,1-3H3. The van der Waals surface area contributed by atoms with Crippen LogP contribution < -0.4 is 4.74 Å². The fourth-order valence-corrected chi connectivity index (χ4v) is 4.60. The fraction of sp³-hybridized carbons (Fsp3) is 0.424. The molecule has 0 aromatic heterocycles. The number of benzene rings is 3. The molecule has 0 radical (unpaired) electrons. The predicted molar refractivity (Wildman–Crippen MR) is 154 cm³/mol. The molecule has 40 heavy (non-hydrogen) atoms. The first-order valence-corrected chi connectivity index (χ1v) is 14.0. The number of carbonyl (C=O) groups excluding carboxylic acids is 1. The van der Waals surface area contributed by atoms with Crippen molar-refractivity contribution in [1.29, 1.82) is 0 Å². The Morgan fingerprint density at radius 3 is 2.15 bits per heavy atom. The zero-order valence-corrected chi connectivity index (χ0v) is 23.8. The lowest BCUT2D eigenvalue weighted by atomic mass is 9.87. The van der Waals surface area contributed by atoms with Crippen molar-refractivity contribution in [2.24, 2.45) is 0 Å². The lowest BCUT2D eigenvalue weighted by Gasteiger charge is -2.37. The average Bonchev–Trinajstić information content (AvgIpc) is 2.94. The summed E-state index contributed by atoms with van der Waals surface area (Å²) in [7, 11) is 0. The number of piperidine rings is 1. The van der Waals surface area contributed by atoms with Gasteiger partial charge in [0, 0.05) is 18.9 Å². The molecule has 4 rings (SSSR count). The van der Waals surface area contributed by atoms with Crippen LogP contribution in [0.4, 0.5) is 4.79 Å².